The van der Waals surface area contributed by atoms with E-state index in [1.807, 2.05) is 10.9 Å². The van der Waals surface area contributed by atoms with Crippen molar-refractivity contribution >= 4 is 15.9 Å². The molecule has 1 heterocycles. The van der Waals surface area contributed by atoms with Crippen LogP contribution in [-0.2, 0) is 6.54 Å². The minimum absolute atomic E-state index is 0.0459. The predicted octanol–water partition coefficient (Wildman–Crippen LogP) is 2.22. The Morgan fingerprint density at radius 2 is 2.20 bits per heavy atom. The number of hydrazine groups is 1. The topological polar surface area (TPSA) is 55.9 Å². The van der Waals surface area contributed by atoms with E-state index in [-0.39, 0.29) is 11.5 Å². The van der Waals surface area contributed by atoms with Gasteiger partial charge in [0, 0.05) is 6.54 Å². The fourth-order valence-corrected chi connectivity index (χ4v) is 2.18. The Kier molecular flexibility index (Phi) is 3.92. The Bertz CT molecular complexity index is 327. The summed E-state index contributed by atoms with van der Waals surface area (Å²) >= 11 is 3.51. The molecule has 0 radical (unpaired) electrons. The molecule has 0 saturated carbocycles. The second kappa shape index (κ2) is 4.63. The molecule has 0 aromatic carbocycles. The molecule has 1 rings (SSSR count). The SMILES string of the molecule is CCn1ncc(Br)c1C(NN)C(C)(C)C. The molecule has 0 aliphatic carbocycles. The second-order valence-electron chi connectivity index (χ2n) is 4.66. The fourth-order valence-electron chi connectivity index (χ4n) is 1.65. The van der Waals surface area contributed by atoms with E-state index in [1.54, 1.807) is 0 Å². The van der Waals surface area contributed by atoms with Gasteiger partial charge in [-0.25, -0.2) is 0 Å². The molecule has 0 aliphatic rings. The zero-order chi connectivity index (χ0) is 11.6. The van der Waals surface area contributed by atoms with Crippen LogP contribution in [0, 0.1) is 5.41 Å². The Morgan fingerprint density at radius 1 is 1.60 bits per heavy atom. The largest absolute Gasteiger partial charge is 0.271 e. The van der Waals surface area contributed by atoms with Gasteiger partial charge in [0.05, 0.1) is 22.4 Å². The van der Waals surface area contributed by atoms with Crippen LogP contribution in [0.3, 0.4) is 0 Å². The van der Waals surface area contributed by atoms with Gasteiger partial charge in [-0.3, -0.25) is 16.0 Å². The number of aromatic nitrogens is 2. The summed E-state index contributed by atoms with van der Waals surface area (Å²) in [5.41, 5.74) is 4.02. The highest BCUT2D eigenvalue weighted by Gasteiger charge is 2.29. The summed E-state index contributed by atoms with van der Waals surface area (Å²) in [5, 5.41) is 4.29. The van der Waals surface area contributed by atoms with E-state index in [2.05, 4.69) is 54.1 Å². The number of rotatable bonds is 3. The Balaban J connectivity index is 3.16. The number of aryl methyl sites for hydroxylation is 1. The third-order valence-corrected chi connectivity index (χ3v) is 3.05. The van der Waals surface area contributed by atoms with Gasteiger partial charge in [-0.05, 0) is 28.3 Å². The van der Waals surface area contributed by atoms with E-state index in [4.69, 9.17) is 5.84 Å². The van der Waals surface area contributed by atoms with Gasteiger partial charge >= 0.3 is 0 Å². The van der Waals surface area contributed by atoms with Gasteiger partial charge in [-0.15, -0.1) is 0 Å². The van der Waals surface area contributed by atoms with E-state index < -0.39 is 0 Å². The van der Waals surface area contributed by atoms with Crippen LogP contribution in [0.2, 0.25) is 0 Å². The summed E-state index contributed by atoms with van der Waals surface area (Å²) < 4.78 is 2.96. The average molecular weight is 275 g/mol. The Morgan fingerprint density at radius 3 is 2.60 bits per heavy atom. The van der Waals surface area contributed by atoms with Crippen LogP contribution < -0.4 is 11.3 Å². The van der Waals surface area contributed by atoms with Crippen LogP contribution in [0.4, 0.5) is 0 Å². The summed E-state index contributed by atoms with van der Waals surface area (Å²) in [6.07, 6.45) is 1.81. The molecule has 0 spiro atoms. The third-order valence-electron chi connectivity index (χ3n) is 2.44. The van der Waals surface area contributed by atoms with E-state index >= 15 is 0 Å². The molecule has 1 unspecified atom stereocenters. The number of nitrogens with zero attached hydrogens (tertiary/aromatic N) is 2. The fraction of sp³-hybridized carbons (Fsp3) is 0.700. The van der Waals surface area contributed by atoms with E-state index in [0.717, 1.165) is 16.7 Å². The number of nitrogens with one attached hydrogen (secondary N) is 1. The highest BCUT2D eigenvalue weighted by atomic mass is 79.9. The van der Waals surface area contributed by atoms with Crippen molar-refractivity contribution in [1.82, 2.24) is 15.2 Å². The Hall–Kier alpha value is -0.390. The molecule has 86 valence electrons. The molecule has 4 nitrogen and oxygen atoms in total. The predicted molar refractivity (Wildman–Crippen MR) is 65.1 cm³/mol. The normalized spacial score (nSPS) is 14.3. The zero-order valence-corrected chi connectivity index (χ0v) is 11.3. The van der Waals surface area contributed by atoms with Crippen molar-refractivity contribution in [2.75, 3.05) is 0 Å². The minimum Gasteiger partial charge on any atom is -0.271 e. The lowest BCUT2D eigenvalue weighted by Crippen LogP contribution is -2.38. The van der Waals surface area contributed by atoms with Crippen LogP contribution in [0.15, 0.2) is 10.7 Å². The van der Waals surface area contributed by atoms with Crippen LogP contribution >= 0.6 is 15.9 Å². The van der Waals surface area contributed by atoms with E-state index in [0.29, 0.717) is 0 Å². The first-order chi connectivity index (χ1) is 6.91. The van der Waals surface area contributed by atoms with Crippen LogP contribution in [0.25, 0.3) is 0 Å². The molecular weight excluding hydrogens is 256 g/mol. The number of hydrogen-bond donors (Lipinski definition) is 2. The summed E-state index contributed by atoms with van der Waals surface area (Å²) in [6.45, 7) is 9.36. The first-order valence-corrected chi connectivity index (χ1v) is 5.88. The molecule has 0 saturated heterocycles. The molecule has 5 heteroatoms. The van der Waals surface area contributed by atoms with Gasteiger partial charge in [0.1, 0.15) is 0 Å². The van der Waals surface area contributed by atoms with Crippen molar-refractivity contribution in [3.63, 3.8) is 0 Å². The molecule has 0 aliphatic heterocycles. The number of hydrogen-bond acceptors (Lipinski definition) is 3. The quantitative estimate of drug-likeness (QED) is 0.657. The van der Waals surface area contributed by atoms with Gasteiger partial charge in [-0.1, -0.05) is 20.8 Å². The van der Waals surface area contributed by atoms with Gasteiger partial charge in [0.2, 0.25) is 0 Å². The molecular formula is C10H19BrN4. The van der Waals surface area contributed by atoms with Crippen LogP contribution in [0.5, 0.6) is 0 Å². The lowest BCUT2D eigenvalue weighted by molar-refractivity contribution is 0.260. The minimum atomic E-state index is 0.0459. The maximum Gasteiger partial charge on any atom is 0.0714 e. The molecule has 0 amide bonds. The van der Waals surface area contributed by atoms with Crippen molar-refractivity contribution in [2.24, 2.45) is 11.3 Å². The number of halogens is 1. The summed E-state index contributed by atoms with van der Waals surface area (Å²) in [4.78, 5) is 0. The Labute approximate surface area is 99.3 Å². The first-order valence-electron chi connectivity index (χ1n) is 5.09. The van der Waals surface area contributed by atoms with Crippen molar-refractivity contribution in [3.05, 3.63) is 16.4 Å². The van der Waals surface area contributed by atoms with Gasteiger partial charge in [0.25, 0.3) is 0 Å². The van der Waals surface area contributed by atoms with Gasteiger partial charge < -0.3 is 0 Å². The summed E-state index contributed by atoms with van der Waals surface area (Å²) in [7, 11) is 0. The van der Waals surface area contributed by atoms with E-state index in [9.17, 15) is 0 Å². The van der Waals surface area contributed by atoms with Crippen molar-refractivity contribution in [2.45, 2.75) is 40.3 Å². The summed E-state index contributed by atoms with van der Waals surface area (Å²) in [5.74, 6) is 5.63. The first kappa shape index (κ1) is 12.7. The lowest BCUT2D eigenvalue weighted by Gasteiger charge is -2.30. The maximum absolute atomic E-state index is 5.63. The highest BCUT2D eigenvalue weighted by molar-refractivity contribution is 9.10. The highest BCUT2D eigenvalue weighted by Crippen LogP contribution is 2.35. The van der Waals surface area contributed by atoms with Gasteiger partial charge in [0.15, 0.2) is 0 Å². The monoisotopic (exact) mass is 274 g/mol. The van der Waals surface area contributed by atoms with Crippen molar-refractivity contribution in [1.29, 1.82) is 0 Å². The maximum atomic E-state index is 5.63. The van der Waals surface area contributed by atoms with Crippen LogP contribution in [-0.4, -0.2) is 9.78 Å². The van der Waals surface area contributed by atoms with Crippen molar-refractivity contribution in [3.8, 4) is 0 Å². The smallest absolute Gasteiger partial charge is 0.0714 e. The standard InChI is InChI=1S/C10H19BrN4/c1-5-15-8(7(11)6-13-15)9(14-12)10(2,3)4/h6,9,14H,5,12H2,1-4H3. The zero-order valence-electron chi connectivity index (χ0n) is 9.71. The third kappa shape index (κ3) is 2.59. The molecule has 0 bridgehead atoms. The molecule has 3 N–H and O–H groups in total. The number of nitrogens with two attached hydrogens (primary N) is 1. The summed E-state index contributed by atoms with van der Waals surface area (Å²) in [6, 6.07) is 0.0781. The molecule has 1 aromatic heterocycles. The molecule has 1 atom stereocenters. The van der Waals surface area contributed by atoms with Crippen molar-refractivity contribution < 1.29 is 0 Å². The molecule has 1 aromatic rings. The van der Waals surface area contributed by atoms with Crippen LogP contribution in [0.1, 0.15) is 39.4 Å². The molecule has 15 heavy (non-hydrogen) atoms. The lowest BCUT2D eigenvalue weighted by atomic mass is 9.85. The van der Waals surface area contributed by atoms with Gasteiger partial charge in [-0.2, -0.15) is 5.10 Å². The second-order valence-corrected chi connectivity index (χ2v) is 5.51. The molecule has 0 fully saturated rings. The average Bonchev–Trinajstić information content (AvgIpc) is 2.47. The van der Waals surface area contributed by atoms with E-state index in [1.165, 1.54) is 0 Å².